The summed E-state index contributed by atoms with van der Waals surface area (Å²) in [6.45, 7) is 2.60. The molecule has 0 aromatic heterocycles. The number of hydrogen-bond donors (Lipinski definition) is 2. The Hall–Kier alpha value is -1.11. The van der Waals surface area contributed by atoms with E-state index in [2.05, 4.69) is 26.1 Å². The molecule has 0 bridgehead atoms. The van der Waals surface area contributed by atoms with Crippen LogP contribution in [-0.2, 0) is 16.1 Å². The Labute approximate surface area is 132 Å². The maximum Gasteiger partial charge on any atom is 0.239 e. The summed E-state index contributed by atoms with van der Waals surface area (Å²) in [6.07, 6.45) is 2.20. The average Bonchev–Trinajstić information content (AvgIpc) is 3.27. The maximum atomic E-state index is 12.3. The zero-order valence-electron chi connectivity index (χ0n) is 11.8. The zero-order valence-corrected chi connectivity index (χ0v) is 13.4. The first-order valence-electron chi connectivity index (χ1n) is 7.29. The van der Waals surface area contributed by atoms with Crippen molar-refractivity contribution in [2.45, 2.75) is 31.5 Å². The van der Waals surface area contributed by atoms with Gasteiger partial charge in [-0.15, -0.1) is 0 Å². The molecule has 3 rings (SSSR count). The summed E-state index contributed by atoms with van der Waals surface area (Å²) in [7, 11) is 0. The third-order valence-corrected chi connectivity index (χ3v) is 4.63. The number of carbonyl (C=O) groups is 1. The third-order valence-electron chi connectivity index (χ3n) is 3.91. The largest absolute Gasteiger partial charge is 0.398 e. The van der Waals surface area contributed by atoms with Crippen LogP contribution >= 0.6 is 15.9 Å². The van der Waals surface area contributed by atoms with Crippen LogP contribution < -0.4 is 11.1 Å². The van der Waals surface area contributed by atoms with Gasteiger partial charge in [-0.05, 0) is 46.5 Å². The van der Waals surface area contributed by atoms with Crippen LogP contribution in [0.5, 0.6) is 0 Å². The lowest BCUT2D eigenvalue weighted by Crippen LogP contribution is -2.53. The van der Waals surface area contributed by atoms with Gasteiger partial charge in [0.25, 0.3) is 0 Å². The van der Waals surface area contributed by atoms with E-state index in [9.17, 15) is 4.79 Å². The molecule has 1 aliphatic carbocycles. The van der Waals surface area contributed by atoms with E-state index >= 15 is 0 Å². The lowest BCUT2D eigenvalue weighted by atomic mass is 10.1. The Kier molecular flexibility index (Phi) is 4.47. The smallest absolute Gasteiger partial charge is 0.239 e. The normalized spacial score (nSPS) is 23.0. The van der Waals surface area contributed by atoms with Gasteiger partial charge >= 0.3 is 0 Å². The highest BCUT2D eigenvalue weighted by Gasteiger charge is 2.33. The first-order valence-corrected chi connectivity index (χ1v) is 8.09. The van der Waals surface area contributed by atoms with E-state index in [4.69, 9.17) is 10.5 Å². The van der Waals surface area contributed by atoms with Gasteiger partial charge in [-0.2, -0.15) is 0 Å². The summed E-state index contributed by atoms with van der Waals surface area (Å²) in [5.74, 6) is 0.0854. The lowest BCUT2D eigenvalue weighted by molar-refractivity contribution is -0.133. The van der Waals surface area contributed by atoms with Gasteiger partial charge in [0.15, 0.2) is 0 Å². The number of nitrogens with one attached hydrogen (secondary N) is 1. The molecule has 5 nitrogen and oxygen atoms in total. The van der Waals surface area contributed by atoms with Gasteiger partial charge in [0.2, 0.25) is 5.91 Å². The number of nitrogens with zero attached hydrogens (tertiary/aromatic N) is 1. The van der Waals surface area contributed by atoms with Crippen molar-refractivity contribution in [2.24, 2.45) is 0 Å². The van der Waals surface area contributed by atoms with Gasteiger partial charge < -0.3 is 15.8 Å². The Morgan fingerprint density at radius 2 is 2.29 bits per heavy atom. The minimum Gasteiger partial charge on any atom is -0.398 e. The van der Waals surface area contributed by atoms with Crippen LogP contribution in [0.1, 0.15) is 18.4 Å². The second-order valence-electron chi connectivity index (χ2n) is 5.70. The molecular formula is C15H20BrN3O2. The molecule has 3 N–H and O–H groups in total. The Morgan fingerprint density at radius 1 is 1.48 bits per heavy atom. The van der Waals surface area contributed by atoms with Crippen LogP contribution in [0.15, 0.2) is 22.7 Å². The minimum absolute atomic E-state index is 0.0854. The van der Waals surface area contributed by atoms with E-state index in [0.717, 1.165) is 35.1 Å². The number of halogens is 1. The summed E-state index contributed by atoms with van der Waals surface area (Å²) in [5, 5.41) is 3.07. The third kappa shape index (κ3) is 3.75. The predicted molar refractivity (Wildman–Crippen MR) is 84.7 cm³/mol. The molecule has 2 fully saturated rings. The summed E-state index contributed by atoms with van der Waals surface area (Å²) in [4.78, 5) is 14.5. The number of rotatable bonds is 4. The van der Waals surface area contributed by atoms with Gasteiger partial charge in [0, 0.05) is 29.3 Å². The second-order valence-corrected chi connectivity index (χ2v) is 6.55. The molecule has 6 heteroatoms. The Balaban J connectivity index is 1.68. The number of amides is 1. The van der Waals surface area contributed by atoms with Crippen molar-refractivity contribution < 1.29 is 9.53 Å². The number of nitrogen functional groups attached to an aromatic ring is 1. The van der Waals surface area contributed by atoms with Crippen LogP contribution in [0, 0.1) is 0 Å². The molecule has 1 amide bonds. The summed E-state index contributed by atoms with van der Waals surface area (Å²) in [6, 6.07) is 6.11. The van der Waals surface area contributed by atoms with Crippen molar-refractivity contribution in [3.63, 3.8) is 0 Å². The highest BCUT2D eigenvalue weighted by atomic mass is 79.9. The van der Waals surface area contributed by atoms with Gasteiger partial charge in [-0.1, -0.05) is 6.07 Å². The Bertz CT molecular complexity index is 534. The monoisotopic (exact) mass is 353 g/mol. The number of benzene rings is 1. The van der Waals surface area contributed by atoms with E-state index in [1.54, 1.807) is 0 Å². The molecule has 1 aromatic carbocycles. The fraction of sp³-hybridized carbons (Fsp3) is 0.533. The highest BCUT2D eigenvalue weighted by Crippen LogP contribution is 2.23. The molecule has 0 radical (unpaired) electrons. The number of morpholine rings is 1. The first kappa shape index (κ1) is 14.8. The number of anilines is 1. The molecule has 1 saturated heterocycles. The van der Waals surface area contributed by atoms with Crippen LogP contribution in [0.25, 0.3) is 0 Å². The molecule has 2 aliphatic rings. The van der Waals surface area contributed by atoms with Crippen molar-refractivity contribution in [1.29, 1.82) is 0 Å². The lowest BCUT2D eigenvalue weighted by Gasteiger charge is -2.34. The van der Waals surface area contributed by atoms with Gasteiger partial charge in [-0.3, -0.25) is 9.69 Å². The molecule has 0 spiro atoms. The van der Waals surface area contributed by atoms with Gasteiger partial charge in [-0.25, -0.2) is 0 Å². The highest BCUT2D eigenvalue weighted by molar-refractivity contribution is 9.10. The summed E-state index contributed by atoms with van der Waals surface area (Å²) >= 11 is 3.40. The molecule has 1 heterocycles. The van der Waals surface area contributed by atoms with Gasteiger partial charge in [0.1, 0.15) is 6.04 Å². The average molecular weight is 354 g/mol. The number of carbonyl (C=O) groups excluding carboxylic acids is 1. The standard InChI is InChI=1S/C15H20BrN3O2/c16-12-4-1-10(7-13(12)17)8-19-5-6-21-9-14(19)15(20)18-11-2-3-11/h1,4,7,11,14H,2-3,5-6,8-9,17H2,(H,18,20). The van der Waals surface area contributed by atoms with Crippen molar-refractivity contribution in [3.05, 3.63) is 28.2 Å². The summed E-state index contributed by atoms with van der Waals surface area (Å²) < 4.78 is 6.38. The number of nitrogens with two attached hydrogens (primary N) is 1. The summed E-state index contributed by atoms with van der Waals surface area (Å²) in [5.41, 5.74) is 7.76. The predicted octanol–water partition coefficient (Wildman–Crippen LogP) is 1.51. The number of ether oxygens (including phenoxy) is 1. The molecule has 1 saturated carbocycles. The molecule has 21 heavy (non-hydrogen) atoms. The van der Waals surface area contributed by atoms with Crippen molar-refractivity contribution in [1.82, 2.24) is 10.2 Å². The SMILES string of the molecule is Nc1cc(CN2CCOCC2C(=O)NC2CC2)ccc1Br. The van der Waals surface area contributed by atoms with Crippen LogP contribution in [0.3, 0.4) is 0 Å². The van der Waals surface area contributed by atoms with Crippen LogP contribution in [0.2, 0.25) is 0 Å². The Morgan fingerprint density at radius 3 is 3.00 bits per heavy atom. The quantitative estimate of drug-likeness (QED) is 0.805. The van der Waals surface area contributed by atoms with Crippen LogP contribution in [-0.4, -0.2) is 42.6 Å². The maximum absolute atomic E-state index is 12.3. The van der Waals surface area contributed by atoms with Gasteiger partial charge in [0.05, 0.1) is 13.2 Å². The van der Waals surface area contributed by atoms with Crippen molar-refractivity contribution in [2.75, 3.05) is 25.5 Å². The molecule has 1 atom stereocenters. The second kappa shape index (κ2) is 6.34. The molecule has 1 aromatic rings. The fourth-order valence-electron chi connectivity index (χ4n) is 2.52. The zero-order chi connectivity index (χ0) is 14.8. The molecule has 1 unspecified atom stereocenters. The minimum atomic E-state index is -0.204. The van der Waals surface area contributed by atoms with E-state index < -0.39 is 0 Å². The molecular weight excluding hydrogens is 334 g/mol. The van der Waals surface area contributed by atoms with Crippen LogP contribution in [0.4, 0.5) is 5.69 Å². The first-order chi connectivity index (χ1) is 10.1. The molecule has 1 aliphatic heterocycles. The van der Waals surface area contributed by atoms with Crippen molar-refractivity contribution in [3.8, 4) is 0 Å². The molecule has 114 valence electrons. The van der Waals surface area contributed by atoms with E-state index in [1.807, 2.05) is 18.2 Å². The van der Waals surface area contributed by atoms with E-state index in [1.165, 1.54) is 0 Å². The van der Waals surface area contributed by atoms with E-state index in [-0.39, 0.29) is 11.9 Å². The fourth-order valence-corrected chi connectivity index (χ4v) is 2.77. The van der Waals surface area contributed by atoms with Crippen molar-refractivity contribution >= 4 is 27.5 Å². The topological polar surface area (TPSA) is 67.6 Å². The van der Waals surface area contributed by atoms with E-state index in [0.29, 0.717) is 25.8 Å². The number of hydrogen-bond acceptors (Lipinski definition) is 4.